The Bertz CT molecular complexity index is 1350. The second-order valence-electron chi connectivity index (χ2n) is 8.42. The number of fused-ring (bicyclic) bond motifs is 1. The smallest absolute Gasteiger partial charge is 0.253 e. The van der Waals surface area contributed by atoms with Gasteiger partial charge < -0.3 is 24.9 Å². The normalized spacial score (nSPS) is 11.6. The highest BCUT2D eigenvalue weighted by Gasteiger charge is 2.23. The van der Waals surface area contributed by atoms with E-state index >= 15 is 0 Å². The minimum Gasteiger partial charge on any atom is -0.494 e. The zero-order chi connectivity index (χ0) is 27.7. The third-order valence-corrected chi connectivity index (χ3v) is 6.15. The Kier molecular flexibility index (Phi) is 9.75. The topological polar surface area (TPSA) is 115 Å². The molecule has 0 fully saturated rings. The number of nitrogens with one attached hydrogen (secondary N) is 2. The summed E-state index contributed by atoms with van der Waals surface area (Å²) in [7, 11) is 3.25. The van der Waals surface area contributed by atoms with Gasteiger partial charge in [0.15, 0.2) is 0 Å². The van der Waals surface area contributed by atoms with Crippen LogP contribution in [0.1, 0.15) is 42.4 Å². The van der Waals surface area contributed by atoms with E-state index in [2.05, 4.69) is 32.1 Å². The van der Waals surface area contributed by atoms with Crippen molar-refractivity contribution in [3.05, 3.63) is 66.1 Å². The van der Waals surface area contributed by atoms with Gasteiger partial charge in [0.05, 0.1) is 30.4 Å². The number of pyridine rings is 1. The highest BCUT2D eigenvalue weighted by molar-refractivity contribution is 6.23. The van der Waals surface area contributed by atoms with Gasteiger partial charge in [0, 0.05) is 56.1 Å². The molecule has 0 atom stereocenters. The van der Waals surface area contributed by atoms with Crippen molar-refractivity contribution in [1.29, 1.82) is 0 Å². The number of carbonyl (C=O) groups is 2. The van der Waals surface area contributed by atoms with E-state index in [4.69, 9.17) is 4.74 Å². The number of hydrogen-bond donors (Lipinski definition) is 2. The third-order valence-electron chi connectivity index (χ3n) is 6.15. The largest absolute Gasteiger partial charge is 0.494 e. The van der Waals surface area contributed by atoms with Crippen LogP contribution in [-0.4, -0.2) is 84.0 Å². The van der Waals surface area contributed by atoms with E-state index in [9.17, 15) is 9.59 Å². The zero-order valence-corrected chi connectivity index (χ0v) is 22.6. The van der Waals surface area contributed by atoms with E-state index in [1.165, 1.54) is 0 Å². The number of H-pyrrole nitrogens is 1. The first kappa shape index (κ1) is 28.1. The van der Waals surface area contributed by atoms with Crippen molar-refractivity contribution in [2.24, 2.45) is 10.1 Å². The zero-order valence-electron chi connectivity index (χ0n) is 22.6. The molecule has 0 radical (unpaired) electrons. The summed E-state index contributed by atoms with van der Waals surface area (Å²) in [5.41, 5.74) is 5.49. The van der Waals surface area contributed by atoms with Gasteiger partial charge in [-0.2, -0.15) is 5.10 Å². The summed E-state index contributed by atoms with van der Waals surface area (Å²) in [5.74, 6) is 0.767. The number of aliphatic imine (C=N–C) groups is 1. The fourth-order valence-electron chi connectivity index (χ4n) is 4.09. The van der Waals surface area contributed by atoms with Crippen molar-refractivity contribution < 1.29 is 14.3 Å². The molecule has 0 saturated heterocycles. The van der Waals surface area contributed by atoms with Crippen LogP contribution >= 0.6 is 0 Å². The number of rotatable bonds is 11. The van der Waals surface area contributed by atoms with Gasteiger partial charge in [-0.3, -0.25) is 9.59 Å². The van der Waals surface area contributed by atoms with Crippen LogP contribution in [0, 0.1) is 0 Å². The van der Waals surface area contributed by atoms with Gasteiger partial charge in [-0.15, -0.1) is 0 Å². The summed E-state index contributed by atoms with van der Waals surface area (Å²) < 4.78 is 5.55. The first-order chi connectivity index (χ1) is 18.4. The molecule has 2 heterocycles. The Morgan fingerprint density at radius 3 is 2.47 bits per heavy atom. The molecule has 1 aromatic carbocycles. The monoisotopic (exact) mass is 517 g/mol. The molecule has 2 aromatic heterocycles. The SMILES string of the molecule is C=C(C(=O)N(CC)CCN(CC)C(=O)c1ccccc1)c1c[nH]c2c(C=N/C(C)=N\NC)ncc(OC)c12. The second-order valence-corrected chi connectivity index (χ2v) is 8.42. The number of carbonyl (C=O) groups excluding carboxylic acids is 2. The number of aromatic nitrogens is 2. The van der Waals surface area contributed by atoms with Crippen LogP contribution in [0.3, 0.4) is 0 Å². The van der Waals surface area contributed by atoms with Crippen LogP contribution in [0.2, 0.25) is 0 Å². The van der Waals surface area contributed by atoms with Crippen molar-refractivity contribution in [1.82, 2.24) is 25.2 Å². The molecule has 2 amide bonds. The van der Waals surface area contributed by atoms with Crippen molar-refractivity contribution in [2.75, 3.05) is 40.3 Å². The first-order valence-electron chi connectivity index (χ1n) is 12.5. The number of hydrogen-bond acceptors (Lipinski definition) is 6. The molecule has 200 valence electrons. The Morgan fingerprint density at radius 2 is 1.84 bits per heavy atom. The van der Waals surface area contributed by atoms with Crippen LogP contribution in [0.4, 0.5) is 0 Å². The summed E-state index contributed by atoms with van der Waals surface area (Å²) in [6.07, 6.45) is 4.92. The molecular formula is C28H35N7O3. The number of ether oxygens (including phenoxy) is 1. The lowest BCUT2D eigenvalue weighted by Crippen LogP contribution is -2.41. The highest BCUT2D eigenvalue weighted by Crippen LogP contribution is 2.33. The number of aromatic amines is 1. The third kappa shape index (κ3) is 6.26. The van der Waals surface area contributed by atoms with E-state index < -0.39 is 0 Å². The second kappa shape index (κ2) is 13.2. The van der Waals surface area contributed by atoms with E-state index in [0.29, 0.717) is 71.1 Å². The number of amidine groups is 1. The minimum atomic E-state index is -0.220. The van der Waals surface area contributed by atoms with Crippen molar-refractivity contribution >= 4 is 40.3 Å². The van der Waals surface area contributed by atoms with Crippen LogP contribution in [0.15, 0.2) is 59.4 Å². The standard InChI is InChI=1S/C28H35N7O3/c1-7-34(14-15-35(8-2)28(37)21-12-10-9-11-13-21)27(36)19(3)22-16-32-26-23(17-30-20(4)33-29-5)31-18-24(38-6)25(22)26/h9-13,16-18,29,32H,3,7-8,14-15H2,1-2,4-6H3/b30-17?,33-20-. The first-order valence-corrected chi connectivity index (χ1v) is 12.5. The Hall–Kier alpha value is -4.47. The lowest BCUT2D eigenvalue weighted by atomic mass is 10.0. The van der Waals surface area contributed by atoms with Gasteiger partial charge in [-0.05, 0) is 32.9 Å². The van der Waals surface area contributed by atoms with E-state index in [1.54, 1.807) is 61.6 Å². The molecule has 10 nitrogen and oxygen atoms in total. The lowest BCUT2D eigenvalue weighted by molar-refractivity contribution is -0.125. The van der Waals surface area contributed by atoms with E-state index in [0.717, 1.165) is 0 Å². The van der Waals surface area contributed by atoms with Gasteiger partial charge in [-0.1, -0.05) is 24.8 Å². The highest BCUT2D eigenvalue weighted by atomic mass is 16.5. The van der Waals surface area contributed by atoms with Crippen LogP contribution < -0.4 is 10.2 Å². The van der Waals surface area contributed by atoms with Gasteiger partial charge in [0.1, 0.15) is 17.3 Å². The van der Waals surface area contributed by atoms with Gasteiger partial charge in [0.2, 0.25) is 0 Å². The molecule has 38 heavy (non-hydrogen) atoms. The molecule has 0 unspecified atom stereocenters. The fourth-order valence-corrected chi connectivity index (χ4v) is 4.09. The Morgan fingerprint density at radius 1 is 1.16 bits per heavy atom. The average molecular weight is 518 g/mol. The number of methoxy groups -OCH3 is 1. The van der Waals surface area contributed by atoms with E-state index in [-0.39, 0.29) is 11.8 Å². The predicted octanol–water partition coefficient (Wildman–Crippen LogP) is 3.57. The summed E-state index contributed by atoms with van der Waals surface area (Å²) in [6, 6.07) is 9.14. The molecule has 0 aliphatic rings. The maximum atomic E-state index is 13.5. The van der Waals surface area contributed by atoms with Crippen LogP contribution in [0.5, 0.6) is 5.75 Å². The lowest BCUT2D eigenvalue weighted by Gasteiger charge is -2.27. The average Bonchev–Trinajstić information content (AvgIpc) is 3.39. The summed E-state index contributed by atoms with van der Waals surface area (Å²) in [6.45, 7) is 11.5. The predicted molar refractivity (Wildman–Crippen MR) is 152 cm³/mol. The Labute approximate surface area is 223 Å². The van der Waals surface area contributed by atoms with Gasteiger partial charge in [-0.25, -0.2) is 9.98 Å². The van der Waals surface area contributed by atoms with Crippen LogP contribution in [-0.2, 0) is 4.79 Å². The Balaban J connectivity index is 1.83. The fraction of sp³-hybridized carbons (Fsp3) is 0.321. The number of hydrazone groups is 1. The number of nitrogens with zero attached hydrogens (tertiary/aromatic N) is 5. The number of benzene rings is 1. The molecule has 2 N–H and O–H groups in total. The molecule has 3 aromatic rings. The summed E-state index contributed by atoms with van der Waals surface area (Å²) in [4.78, 5) is 41.8. The van der Waals surface area contributed by atoms with Crippen molar-refractivity contribution in [3.63, 3.8) is 0 Å². The molecule has 0 aliphatic heterocycles. The van der Waals surface area contributed by atoms with Gasteiger partial charge in [0.25, 0.3) is 11.8 Å². The number of likely N-dealkylation sites (N-methyl/N-ethyl adjacent to an activating group) is 2. The molecule has 0 spiro atoms. The van der Waals surface area contributed by atoms with Gasteiger partial charge >= 0.3 is 0 Å². The molecule has 3 rings (SSSR count). The van der Waals surface area contributed by atoms with Crippen LogP contribution in [0.25, 0.3) is 16.5 Å². The maximum Gasteiger partial charge on any atom is 0.253 e. The van der Waals surface area contributed by atoms with Crippen molar-refractivity contribution in [3.8, 4) is 5.75 Å². The summed E-state index contributed by atoms with van der Waals surface area (Å²) in [5, 5.41) is 4.71. The minimum absolute atomic E-state index is 0.0616. The summed E-state index contributed by atoms with van der Waals surface area (Å²) >= 11 is 0. The van der Waals surface area contributed by atoms with Crippen molar-refractivity contribution in [2.45, 2.75) is 20.8 Å². The molecule has 0 saturated carbocycles. The molecule has 10 heteroatoms. The molecule has 0 aliphatic carbocycles. The quantitative estimate of drug-likeness (QED) is 0.175. The maximum absolute atomic E-state index is 13.5. The number of amides is 2. The molecular weight excluding hydrogens is 482 g/mol. The molecule has 0 bridgehead atoms. The van der Waals surface area contributed by atoms with E-state index in [1.807, 2.05) is 32.0 Å².